The maximum atomic E-state index is 8.91. The summed E-state index contributed by atoms with van der Waals surface area (Å²) < 4.78 is 50.4. The maximum absolute atomic E-state index is 8.91. The van der Waals surface area contributed by atoms with Gasteiger partial charge in [-0.2, -0.15) is 0 Å². The number of hydrogen-bond donors (Lipinski definition) is 0. The number of hydrogen-bond acceptors (Lipinski definition) is 1. The predicted molar refractivity (Wildman–Crippen MR) is 256 cm³/mol. The lowest BCUT2D eigenvalue weighted by atomic mass is 9.82. The molecule has 0 radical (unpaired) electrons. The van der Waals surface area contributed by atoms with Crippen molar-refractivity contribution >= 4 is 75.1 Å². The molecule has 9 aromatic carbocycles. The van der Waals surface area contributed by atoms with Crippen LogP contribution in [0, 0.1) is 0 Å². The molecule has 1 aliphatic rings. The van der Waals surface area contributed by atoms with Gasteiger partial charge in [-0.15, -0.1) is 11.3 Å². The van der Waals surface area contributed by atoms with E-state index < -0.39 is 0 Å². The molecule has 0 saturated heterocycles. The van der Waals surface area contributed by atoms with Crippen LogP contribution >= 0.6 is 11.3 Å². The summed E-state index contributed by atoms with van der Waals surface area (Å²) in [7, 11) is 0. The number of fused-ring (bicyclic) bond motifs is 12. The highest BCUT2D eigenvalue weighted by Gasteiger charge is 2.37. The van der Waals surface area contributed by atoms with E-state index in [9.17, 15) is 0 Å². The number of aromatic nitrogens is 2. The van der Waals surface area contributed by atoms with E-state index in [1.54, 1.807) is 0 Å². The number of benzene rings is 9. The van der Waals surface area contributed by atoms with E-state index in [0.29, 0.717) is 5.56 Å². The second-order valence-electron chi connectivity index (χ2n) is 16.5. The average Bonchev–Trinajstić information content (AvgIpc) is 4.04. The Kier molecular flexibility index (Phi) is 6.01. The molecule has 3 heterocycles. The topological polar surface area (TPSA) is 9.86 Å². The molecule has 0 bridgehead atoms. The number of para-hydroxylation sites is 2. The number of thiophene rings is 1. The molecule has 3 heteroatoms. The Morgan fingerprint density at radius 1 is 0.417 bits per heavy atom. The van der Waals surface area contributed by atoms with Gasteiger partial charge in [0.05, 0.1) is 28.9 Å². The highest BCUT2D eigenvalue weighted by molar-refractivity contribution is 7.25. The van der Waals surface area contributed by atoms with Crippen LogP contribution in [0.15, 0.2) is 194 Å². The van der Waals surface area contributed by atoms with Gasteiger partial charge in [-0.1, -0.05) is 135 Å². The van der Waals surface area contributed by atoms with Crippen molar-refractivity contribution < 1.29 is 6.85 Å². The summed E-state index contributed by atoms with van der Waals surface area (Å²) in [5.41, 5.74) is 13.6. The SMILES string of the molecule is [2H]c1c([2H])c([2H])c(-c2cccc3c2-c2cc(-n4c5ccccc5c5cc(-c6ccc7c(c6)c6ccccc6n7-c6ccc7sc8ccccc8c7c6)ccc54)ccc2C3(C)C)c([2H])c1[2H]. The van der Waals surface area contributed by atoms with Crippen molar-refractivity contribution in [3.63, 3.8) is 0 Å². The van der Waals surface area contributed by atoms with Crippen LogP contribution in [0.1, 0.15) is 31.8 Å². The zero-order valence-corrected chi connectivity index (χ0v) is 33.7. The normalized spacial score (nSPS) is 14.5. The smallest absolute Gasteiger partial charge is 0.0629 e. The number of nitrogens with zero attached hydrogens (tertiary/aromatic N) is 2. The molecule has 12 aromatic rings. The zero-order chi connectivity index (χ0) is 44.0. The van der Waals surface area contributed by atoms with Gasteiger partial charge in [0.1, 0.15) is 0 Å². The Morgan fingerprint density at radius 3 is 1.70 bits per heavy atom. The molecule has 13 rings (SSSR count). The van der Waals surface area contributed by atoms with E-state index in [1.165, 1.54) is 42.0 Å². The lowest BCUT2D eigenvalue weighted by Crippen LogP contribution is -2.15. The minimum Gasteiger partial charge on any atom is -0.309 e. The van der Waals surface area contributed by atoms with Gasteiger partial charge in [0.15, 0.2) is 0 Å². The van der Waals surface area contributed by atoms with Crippen molar-refractivity contribution in [2.45, 2.75) is 19.3 Å². The van der Waals surface area contributed by atoms with Gasteiger partial charge in [0, 0.05) is 58.5 Å². The van der Waals surface area contributed by atoms with E-state index in [1.807, 2.05) is 23.5 Å². The molecule has 1 aliphatic carbocycles. The zero-order valence-electron chi connectivity index (χ0n) is 37.9. The van der Waals surface area contributed by atoms with Gasteiger partial charge >= 0.3 is 0 Å². The van der Waals surface area contributed by atoms with Crippen molar-refractivity contribution in [2.75, 3.05) is 0 Å². The Balaban J connectivity index is 0.963. The molecule has 3 aromatic heterocycles. The fourth-order valence-corrected chi connectivity index (χ4v) is 11.3. The second kappa shape index (κ2) is 12.4. The molecule has 0 unspecified atom stereocenters. The van der Waals surface area contributed by atoms with E-state index in [4.69, 9.17) is 6.85 Å². The van der Waals surface area contributed by atoms with E-state index >= 15 is 0 Å². The summed E-state index contributed by atoms with van der Waals surface area (Å²) in [4.78, 5) is 0. The minimum absolute atomic E-state index is 0.195. The highest BCUT2D eigenvalue weighted by Crippen LogP contribution is 2.53. The first-order chi connectivity index (χ1) is 31.6. The molecule has 0 N–H and O–H groups in total. The molecule has 0 aliphatic heterocycles. The van der Waals surface area contributed by atoms with Gasteiger partial charge in [0.2, 0.25) is 0 Å². The van der Waals surface area contributed by atoms with Crippen molar-refractivity contribution in [3.05, 3.63) is 205 Å². The molecule has 60 heavy (non-hydrogen) atoms. The van der Waals surface area contributed by atoms with Crippen molar-refractivity contribution in [2.24, 2.45) is 0 Å². The fraction of sp³-hybridized carbons (Fsp3) is 0.0526. The summed E-state index contributed by atoms with van der Waals surface area (Å²) >= 11 is 1.84. The minimum atomic E-state index is -0.390. The lowest BCUT2D eigenvalue weighted by molar-refractivity contribution is 0.660. The Bertz CT molecular complexity index is 4030. The van der Waals surface area contributed by atoms with Crippen LogP contribution in [0.5, 0.6) is 0 Å². The maximum Gasteiger partial charge on any atom is 0.0629 e. The molecular formula is C57H38N2S. The Labute approximate surface area is 358 Å². The molecule has 0 saturated carbocycles. The van der Waals surface area contributed by atoms with Crippen molar-refractivity contribution in [1.82, 2.24) is 9.13 Å². The van der Waals surface area contributed by atoms with Gasteiger partial charge in [0.25, 0.3) is 0 Å². The first-order valence-corrected chi connectivity index (χ1v) is 21.2. The third kappa shape index (κ3) is 4.70. The van der Waals surface area contributed by atoms with Crippen molar-refractivity contribution in [3.8, 4) is 44.8 Å². The van der Waals surface area contributed by atoms with Gasteiger partial charge in [-0.3, -0.25) is 0 Å². The fourth-order valence-electron chi connectivity index (χ4n) is 10.2. The van der Waals surface area contributed by atoms with Crippen LogP contribution in [0.2, 0.25) is 0 Å². The quantitative estimate of drug-likeness (QED) is 0.168. The third-order valence-corrected chi connectivity index (χ3v) is 14.2. The second-order valence-corrected chi connectivity index (χ2v) is 17.6. The van der Waals surface area contributed by atoms with Crippen LogP contribution in [0.4, 0.5) is 0 Å². The molecule has 282 valence electrons. The average molecular weight is 788 g/mol. The van der Waals surface area contributed by atoms with Gasteiger partial charge in [-0.25, -0.2) is 0 Å². The number of rotatable bonds is 4. The Morgan fingerprint density at radius 2 is 1.00 bits per heavy atom. The van der Waals surface area contributed by atoms with Gasteiger partial charge in [-0.05, 0) is 117 Å². The molecular weight excluding hydrogens is 745 g/mol. The van der Waals surface area contributed by atoms with Crippen LogP contribution in [-0.2, 0) is 5.41 Å². The summed E-state index contributed by atoms with van der Waals surface area (Å²) in [5, 5.41) is 7.30. The summed E-state index contributed by atoms with van der Waals surface area (Å²) in [6.07, 6.45) is 0. The standard InChI is InChI=1S/C57H38N2S/c1-57(2)48-27-25-38(34-47(48)56-40(18-12-19-49(56)57)35-13-4-3-5-14-35)58-50-20-9-6-15-41(50)44-31-36(23-28-52(44)58)37-24-29-53-45(32-37)42-16-7-10-21-51(42)59(53)39-26-30-55-46(33-39)43-17-8-11-22-54(43)60-55/h3-34H,1-2H3/i3D,4D,5D,13D,14D. The molecule has 0 spiro atoms. The summed E-state index contributed by atoms with van der Waals surface area (Å²) in [6, 6.07) is 57.6. The summed E-state index contributed by atoms with van der Waals surface area (Å²) in [6.45, 7) is 4.40. The molecule has 0 atom stereocenters. The van der Waals surface area contributed by atoms with E-state index in [-0.39, 0.29) is 41.2 Å². The van der Waals surface area contributed by atoms with Crippen LogP contribution < -0.4 is 0 Å². The molecule has 0 fully saturated rings. The first-order valence-electron chi connectivity index (χ1n) is 22.9. The summed E-state index contributed by atoms with van der Waals surface area (Å²) in [5.74, 6) is 0. The van der Waals surface area contributed by atoms with Crippen LogP contribution in [0.3, 0.4) is 0 Å². The third-order valence-electron chi connectivity index (χ3n) is 13.0. The largest absolute Gasteiger partial charge is 0.309 e. The van der Waals surface area contributed by atoms with Crippen molar-refractivity contribution in [1.29, 1.82) is 0 Å². The van der Waals surface area contributed by atoms with Crippen LogP contribution in [-0.4, -0.2) is 9.13 Å². The monoisotopic (exact) mass is 787 g/mol. The van der Waals surface area contributed by atoms with E-state index in [2.05, 4.69) is 175 Å². The lowest BCUT2D eigenvalue weighted by Gasteiger charge is -2.22. The predicted octanol–water partition coefficient (Wildman–Crippen LogP) is 15.9. The van der Waals surface area contributed by atoms with Crippen LogP contribution in [0.25, 0.3) is 109 Å². The van der Waals surface area contributed by atoms with Gasteiger partial charge < -0.3 is 9.13 Å². The molecule has 2 nitrogen and oxygen atoms in total. The first kappa shape index (κ1) is 29.1. The highest BCUT2D eigenvalue weighted by atomic mass is 32.1. The Hall–Kier alpha value is -7.20. The van der Waals surface area contributed by atoms with E-state index in [0.717, 1.165) is 66.6 Å². The molecule has 0 amide bonds.